The third-order valence-electron chi connectivity index (χ3n) is 2.45. The molecular weight excluding hydrogens is 331 g/mol. The van der Waals surface area contributed by atoms with Crippen LogP contribution in [-0.4, -0.2) is 5.91 Å². The maximum Gasteiger partial charge on any atom is 0.261 e. The predicted octanol–water partition coefficient (Wildman–Crippen LogP) is 5.18. The molecule has 2 aromatic rings. The highest BCUT2D eigenvalue weighted by molar-refractivity contribution is 6.44. The first kappa shape index (κ1) is 15.0. The van der Waals surface area contributed by atoms with Crippen molar-refractivity contribution in [2.24, 2.45) is 0 Å². The van der Waals surface area contributed by atoms with Crippen molar-refractivity contribution in [3.8, 4) is 0 Å². The molecule has 20 heavy (non-hydrogen) atoms. The predicted molar refractivity (Wildman–Crippen MR) is 75.8 cm³/mol. The Bertz CT molecular complexity index is 671. The van der Waals surface area contributed by atoms with Crippen molar-refractivity contribution < 1.29 is 13.6 Å². The molecule has 0 saturated carbocycles. The van der Waals surface area contributed by atoms with Gasteiger partial charge in [0, 0.05) is 0 Å². The van der Waals surface area contributed by atoms with Crippen molar-refractivity contribution in [1.29, 1.82) is 0 Å². The standard InChI is InChI=1S/C13H6Cl3F2NO/c14-6-4-8(16)11(5-7(6)15)19-13(20)12-9(17)2-1-3-10(12)18/h1-5H,(H,19,20). The van der Waals surface area contributed by atoms with E-state index in [1.165, 1.54) is 12.1 Å². The molecule has 1 N–H and O–H groups in total. The van der Waals surface area contributed by atoms with E-state index >= 15 is 0 Å². The van der Waals surface area contributed by atoms with Crippen LogP contribution in [0.15, 0.2) is 30.3 Å². The van der Waals surface area contributed by atoms with Crippen LogP contribution in [0, 0.1) is 11.6 Å². The second-order valence-electron chi connectivity index (χ2n) is 3.80. The monoisotopic (exact) mass is 335 g/mol. The average Bonchev–Trinajstić information content (AvgIpc) is 2.35. The van der Waals surface area contributed by atoms with Crippen molar-refractivity contribution in [3.63, 3.8) is 0 Å². The Balaban J connectivity index is 2.35. The van der Waals surface area contributed by atoms with E-state index in [0.29, 0.717) is 0 Å². The summed E-state index contributed by atoms with van der Waals surface area (Å²) in [4.78, 5) is 11.9. The number of benzene rings is 2. The number of rotatable bonds is 2. The number of halogens is 5. The van der Waals surface area contributed by atoms with E-state index < -0.39 is 23.1 Å². The lowest BCUT2D eigenvalue weighted by atomic mass is 10.2. The summed E-state index contributed by atoms with van der Waals surface area (Å²) in [6.07, 6.45) is 0. The van der Waals surface area contributed by atoms with Gasteiger partial charge in [-0.3, -0.25) is 4.79 Å². The number of nitrogens with one attached hydrogen (secondary N) is 1. The molecule has 0 aromatic heterocycles. The van der Waals surface area contributed by atoms with Crippen LogP contribution in [0.5, 0.6) is 0 Å². The molecule has 2 rings (SSSR count). The Kier molecular flexibility index (Phi) is 4.48. The highest BCUT2D eigenvalue weighted by Gasteiger charge is 2.18. The van der Waals surface area contributed by atoms with Crippen LogP contribution in [0.25, 0.3) is 0 Å². The Morgan fingerprint density at radius 2 is 1.50 bits per heavy atom. The SMILES string of the molecule is O=C(Nc1cc(Cl)c(Cl)cc1Cl)c1c(F)cccc1F. The van der Waals surface area contributed by atoms with Gasteiger partial charge in [-0.1, -0.05) is 40.9 Å². The summed E-state index contributed by atoms with van der Waals surface area (Å²) in [6, 6.07) is 5.73. The fraction of sp³-hybridized carbons (Fsp3) is 0. The molecule has 0 aliphatic rings. The minimum atomic E-state index is -0.973. The number of hydrogen-bond acceptors (Lipinski definition) is 1. The van der Waals surface area contributed by atoms with Gasteiger partial charge in [0.2, 0.25) is 0 Å². The molecule has 104 valence electrons. The number of anilines is 1. The molecule has 0 unspecified atom stereocenters. The largest absolute Gasteiger partial charge is 0.320 e. The first-order valence-electron chi connectivity index (χ1n) is 5.30. The minimum Gasteiger partial charge on any atom is -0.320 e. The van der Waals surface area contributed by atoms with Gasteiger partial charge in [-0.25, -0.2) is 8.78 Å². The third kappa shape index (κ3) is 3.03. The molecule has 0 bridgehead atoms. The molecule has 0 radical (unpaired) electrons. The number of hydrogen-bond donors (Lipinski definition) is 1. The minimum absolute atomic E-state index is 0.101. The zero-order chi connectivity index (χ0) is 14.9. The van der Waals surface area contributed by atoms with E-state index in [2.05, 4.69) is 5.32 Å². The Morgan fingerprint density at radius 1 is 0.950 bits per heavy atom. The van der Waals surface area contributed by atoms with Crippen LogP contribution in [0.2, 0.25) is 15.1 Å². The second-order valence-corrected chi connectivity index (χ2v) is 5.02. The molecule has 0 aliphatic heterocycles. The molecule has 0 aliphatic carbocycles. The van der Waals surface area contributed by atoms with E-state index in [1.54, 1.807) is 0 Å². The molecule has 2 aromatic carbocycles. The molecule has 0 fully saturated rings. The number of carbonyl (C=O) groups excluding carboxylic acids is 1. The van der Waals surface area contributed by atoms with Crippen LogP contribution >= 0.6 is 34.8 Å². The number of amides is 1. The summed E-state index contributed by atoms with van der Waals surface area (Å²) in [7, 11) is 0. The zero-order valence-electron chi connectivity index (χ0n) is 9.68. The maximum absolute atomic E-state index is 13.5. The van der Waals surface area contributed by atoms with Crippen molar-refractivity contribution in [2.45, 2.75) is 0 Å². The first-order chi connectivity index (χ1) is 9.40. The van der Waals surface area contributed by atoms with Gasteiger partial charge >= 0.3 is 0 Å². The van der Waals surface area contributed by atoms with E-state index in [1.807, 2.05) is 0 Å². The summed E-state index contributed by atoms with van der Waals surface area (Å²) in [5, 5.41) is 2.74. The van der Waals surface area contributed by atoms with E-state index in [0.717, 1.165) is 18.2 Å². The highest BCUT2D eigenvalue weighted by atomic mass is 35.5. The molecule has 2 nitrogen and oxygen atoms in total. The van der Waals surface area contributed by atoms with Gasteiger partial charge < -0.3 is 5.32 Å². The summed E-state index contributed by atoms with van der Waals surface area (Å²) in [6.45, 7) is 0. The molecule has 7 heteroatoms. The van der Waals surface area contributed by atoms with Gasteiger partial charge in [-0.15, -0.1) is 0 Å². The van der Waals surface area contributed by atoms with Crippen LogP contribution in [0.1, 0.15) is 10.4 Å². The lowest BCUT2D eigenvalue weighted by Gasteiger charge is -2.09. The normalized spacial score (nSPS) is 10.4. The van der Waals surface area contributed by atoms with Gasteiger partial charge in [0.25, 0.3) is 5.91 Å². The topological polar surface area (TPSA) is 29.1 Å². The van der Waals surface area contributed by atoms with Crippen LogP contribution < -0.4 is 5.32 Å². The van der Waals surface area contributed by atoms with Gasteiger partial charge in [-0.05, 0) is 24.3 Å². The average molecular weight is 337 g/mol. The van der Waals surface area contributed by atoms with Gasteiger partial charge in [0.1, 0.15) is 17.2 Å². The molecule has 1 amide bonds. The summed E-state index contributed by atoms with van der Waals surface area (Å²) >= 11 is 17.4. The van der Waals surface area contributed by atoms with Crippen LogP contribution in [0.3, 0.4) is 0 Å². The number of carbonyl (C=O) groups is 1. The molecular formula is C13H6Cl3F2NO. The molecule has 0 atom stereocenters. The third-order valence-corrected chi connectivity index (χ3v) is 3.48. The zero-order valence-corrected chi connectivity index (χ0v) is 12.0. The van der Waals surface area contributed by atoms with E-state index in [9.17, 15) is 13.6 Å². The van der Waals surface area contributed by atoms with Gasteiger partial charge in [0.15, 0.2) is 0 Å². The van der Waals surface area contributed by atoms with Crippen molar-refractivity contribution >= 4 is 46.4 Å². The first-order valence-corrected chi connectivity index (χ1v) is 6.43. The lowest BCUT2D eigenvalue weighted by molar-refractivity contribution is 0.101. The fourth-order valence-electron chi connectivity index (χ4n) is 1.52. The molecule has 0 heterocycles. The Morgan fingerprint density at radius 3 is 2.10 bits per heavy atom. The fourth-order valence-corrected chi connectivity index (χ4v) is 2.11. The smallest absolute Gasteiger partial charge is 0.261 e. The summed E-state index contributed by atoms with van der Waals surface area (Å²) in [5.74, 6) is -2.92. The lowest BCUT2D eigenvalue weighted by Crippen LogP contribution is -2.16. The van der Waals surface area contributed by atoms with Crippen molar-refractivity contribution in [3.05, 3.63) is 62.6 Å². The van der Waals surface area contributed by atoms with Gasteiger partial charge in [-0.2, -0.15) is 0 Å². The summed E-state index contributed by atoms with van der Waals surface area (Å²) < 4.78 is 26.9. The van der Waals surface area contributed by atoms with Crippen molar-refractivity contribution in [2.75, 3.05) is 5.32 Å². The summed E-state index contributed by atoms with van der Waals surface area (Å²) in [5.41, 5.74) is -0.594. The Hall–Kier alpha value is -1.36. The molecule has 0 spiro atoms. The Labute approximate surface area is 128 Å². The van der Waals surface area contributed by atoms with Crippen LogP contribution in [-0.2, 0) is 0 Å². The van der Waals surface area contributed by atoms with Gasteiger partial charge in [0.05, 0.1) is 20.8 Å². The van der Waals surface area contributed by atoms with Crippen LogP contribution in [0.4, 0.5) is 14.5 Å². The molecule has 0 saturated heterocycles. The quantitative estimate of drug-likeness (QED) is 0.752. The second kappa shape index (κ2) is 5.95. The van der Waals surface area contributed by atoms with E-state index in [4.69, 9.17) is 34.8 Å². The highest BCUT2D eigenvalue weighted by Crippen LogP contribution is 2.32. The van der Waals surface area contributed by atoms with Crippen molar-refractivity contribution in [1.82, 2.24) is 0 Å². The van der Waals surface area contributed by atoms with E-state index in [-0.39, 0.29) is 20.8 Å². The maximum atomic E-state index is 13.5.